The molecule has 3 aromatic rings. The number of hydrogen-bond donors (Lipinski definition) is 1. The van der Waals surface area contributed by atoms with Crippen molar-refractivity contribution in [1.29, 1.82) is 0 Å². The Morgan fingerprint density at radius 3 is 2.75 bits per heavy atom. The fourth-order valence-corrected chi connectivity index (χ4v) is 4.15. The van der Waals surface area contributed by atoms with Crippen LogP contribution in [-0.2, 0) is 4.74 Å². The number of hydrogen-bond acceptors (Lipinski definition) is 6. The highest BCUT2D eigenvalue weighted by molar-refractivity contribution is 5.92. The third-order valence-corrected chi connectivity index (χ3v) is 5.96. The first-order valence-corrected chi connectivity index (χ1v) is 10.6. The van der Waals surface area contributed by atoms with Crippen molar-refractivity contribution in [3.8, 4) is 0 Å². The molecular weight excluding hydrogens is 419 g/mol. The van der Waals surface area contributed by atoms with Gasteiger partial charge >= 0.3 is 0 Å². The van der Waals surface area contributed by atoms with Gasteiger partial charge in [0.1, 0.15) is 5.82 Å². The molecule has 1 N–H and O–H groups in total. The average molecular weight is 445 g/mol. The second-order valence-corrected chi connectivity index (χ2v) is 8.09. The number of halogens is 3. The third kappa shape index (κ3) is 4.34. The summed E-state index contributed by atoms with van der Waals surface area (Å²) in [5.41, 5.74) is 1.82. The van der Waals surface area contributed by atoms with Crippen molar-refractivity contribution in [3.05, 3.63) is 53.1 Å². The lowest BCUT2D eigenvalue weighted by atomic mass is 10.0. The Hall–Kier alpha value is -2.94. The Morgan fingerprint density at radius 1 is 1.22 bits per heavy atom. The molecule has 32 heavy (non-hydrogen) atoms. The molecule has 4 rings (SSSR count). The summed E-state index contributed by atoms with van der Waals surface area (Å²) in [6, 6.07) is 5.40. The number of pyridine rings is 1. The van der Waals surface area contributed by atoms with Crippen LogP contribution in [0, 0.1) is 12.7 Å². The molecule has 0 radical (unpaired) electrons. The van der Waals surface area contributed by atoms with E-state index in [-0.39, 0.29) is 11.7 Å². The first-order valence-electron chi connectivity index (χ1n) is 10.6. The van der Waals surface area contributed by atoms with Crippen molar-refractivity contribution in [1.82, 2.24) is 15.2 Å². The number of aromatic nitrogens is 3. The van der Waals surface area contributed by atoms with E-state index in [0.717, 1.165) is 43.1 Å². The molecule has 2 aromatic heterocycles. The van der Waals surface area contributed by atoms with E-state index < -0.39 is 23.8 Å². The van der Waals surface area contributed by atoms with E-state index in [1.165, 1.54) is 12.1 Å². The molecular formula is C23H26F3N5O. The number of benzene rings is 1. The quantitative estimate of drug-likeness (QED) is 0.563. The van der Waals surface area contributed by atoms with Gasteiger partial charge in [-0.05, 0) is 32.8 Å². The van der Waals surface area contributed by atoms with E-state index in [4.69, 9.17) is 4.74 Å². The molecule has 9 heteroatoms. The monoisotopic (exact) mass is 445 g/mol. The fourth-order valence-electron chi connectivity index (χ4n) is 4.15. The van der Waals surface area contributed by atoms with Gasteiger partial charge in [0.2, 0.25) is 0 Å². The Kier molecular flexibility index (Phi) is 6.45. The maximum Gasteiger partial charge on any atom is 0.266 e. The molecule has 1 aromatic carbocycles. The minimum Gasteiger partial charge on any atom is -0.380 e. The number of piperidine rings is 1. The smallest absolute Gasteiger partial charge is 0.266 e. The van der Waals surface area contributed by atoms with Gasteiger partial charge in [0.05, 0.1) is 40.8 Å². The number of fused-ring (bicyclic) bond motifs is 1. The molecule has 2 atom stereocenters. The van der Waals surface area contributed by atoms with Crippen LogP contribution in [0.2, 0.25) is 0 Å². The van der Waals surface area contributed by atoms with Crippen LogP contribution < -0.4 is 10.2 Å². The van der Waals surface area contributed by atoms with Crippen LogP contribution in [0.3, 0.4) is 0 Å². The highest BCUT2D eigenvalue weighted by Crippen LogP contribution is 2.32. The van der Waals surface area contributed by atoms with Crippen LogP contribution in [0.4, 0.5) is 24.7 Å². The first kappa shape index (κ1) is 22.3. The molecule has 0 bridgehead atoms. The van der Waals surface area contributed by atoms with Gasteiger partial charge in [-0.2, -0.15) is 5.10 Å². The van der Waals surface area contributed by atoms with Gasteiger partial charge in [-0.1, -0.05) is 18.2 Å². The maximum absolute atomic E-state index is 14.6. The zero-order valence-corrected chi connectivity index (χ0v) is 18.3. The summed E-state index contributed by atoms with van der Waals surface area (Å²) in [6.07, 6.45) is 1.14. The summed E-state index contributed by atoms with van der Waals surface area (Å²) in [4.78, 5) is 6.83. The average Bonchev–Trinajstić information content (AvgIpc) is 2.80. The zero-order chi connectivity index (χ0) is 22.8. The Morgan fingerprint density at radius 2 is 2.00 bits per heavy atom. The predicted molar refractivity (Wildman–Crippen MR) is 118 cm³/mol. The Labute approximate surface area is 184 Å². The third-order valence-electron chi connectivity index (χ3n) is 5.96. The van der Waals surface area contributed by atoms with Crippen LogP contribution in [0.15, 0.2) is 30.5 Å². The van der Waals surface area contributed by atoms with E-state index in [1.54, 1.807) is 14.0 Å². The lowest BCUT2D eigenvalue weighted by molar-refractivity contribution is 0.0893. The van der Waals surface area contributed by atoms with Crippen LogP contribution >= 0.6 is 0 Å². The number of nitrogens with zero attached hydrogens (tertiary/aromatic N) is 4. The lowest BCUT2D eigenvalue weighted by Gasteiger charge is -2.33. The van der Waals surface area contributed by atoms with Crippen molar-refractivity contribution >= 4 is 22.4 Å². The van der Waals surface area contributed by atoms with Gasteiger partial charge in [-0.15, -0.1) is 5.10 Å². The second kappa shape index (κ2) is 9.28. The summed E-state index contributed by atoms with van der Waals surface area (Å²) in [5.74, 6) is -0.487. The molecule has 0 unspecified atom stereocenters. The van der Waals surface area contributed by atoms with Crippen LogP contribution in [-0.4, -0.2) is 41.5 Å². The number of rotatable bonds is 6. The van der Waals surface area contributed by atoms with Gasteiger partial charge in [-0.25, -0.2) is 13.2 Å². The van der Waals surface area contributed by atoms with Crippen LogP contribution in [0.25, 0.3) is 10.9 Å². The summed E-state index contributed by atoms with van der Waals surface area (Å²) in [5, 5.41) is 12.3. The maximum atomic E-state index is 14.6. The molecule has 0 saturated carbocycles. The fraction of sp³-hybridized carbons (Fsp3) is 0.435. The highest BCUT2D eigenvalue weighted by atomic mass is 19.3. The van der Waals surface area contributed by atoms with Gasteiger partial charge < -0.3 is 15.0 Å². The zero-order valence-electron chi connectivity index (χ0n) is 18.3. The molecule has 1 aliphatic heterocycles. The van der Waals surface area contributed by atoms with E-state index in [0.29, 0.717) is 17.0 Å². The molecule has 0 spiro atoms. The molecule has 0 aliphatic carbocycles. The van der Waals surface area contributed by atoms with Crippen molar-refractivity contribution in [3.63, 3.8) is 0 Å². The van der Waals surface area contributed by atoms with E-state index in [9.17, 15) is 13.2 Å². The van der Waals surface area contributed by atoms with Crippen molar-refractivity contribution in [2.75, 3.05) is 30.4 Å². The van der Waals surface area contributed by atoms with Crippen molar-refractivity contribution in [2.24, 2.45) is 0 Å². The van der Waals surface area contributed by atoms with E-state index in [2.05, 4.69) is 25.4 Å². The van der Waals surface area contributed by atoms with Gasteiger partial charge in [-0.3, -0.25) is 4.98 Å². The molecule has 6 nitrogen and oxygen atoms in total. The topological polar surface area (TPSA) is 63.2 Å². The molecule has 3 heterocycles. The minimum atomic E-state index is -2.88. The van der Waals surface area contributed by atoms with Gasteiger partial charge in [0.25, 0.3) is 6.43 Å². The summed E-state index contributed by atoms with van der Waals surface area (Å²) >= 11 is 0. The number of anilines is 2. The molecule has 1 saturated heterocycles. The molecule has 0 amide bonds. The van der Waals surface area contributed by atoms with E-state index in [1.807, 2.05) is 19.2 Å². The largest absolute Gasteiger partial charge is 0.380 e. The van der Waals surface area contributed by atoms with Gasteiger partial charge in [0, 0.05) is 31.1 Å². The molecule has 170 valence electrons. The molecule has 1 fully saturated rings. The first-order chi connectivity index (χ1) is 15.4. The lowest BCUT2D eigenvalue weighted by Crippen LogP contribution is -2.39. The number of alkyl halides is 2. The van der Waals surface area contributed by atoms with Gasteiger partial charge in [0.15, 0.2) is 5.82 Å². The Balaban J connectivity index is 1.68. The highest BCUT2D eigenvalue weighted by Gasteiger charge is 2.23. The SMILES string of the molecule is CO[C@H]1CCCN(c2cnc3c(C)nnc(N[C@H](C)c4cccc(C(F)F)c4F)c3c2)C1. The summed E-state index contributed by atoms with van der Waals surface area (Å²) in [7, 11) is 1.72. The van der Waals surface area contributed by atoms with Crippen LogP contribution in [0.1, 0.15) is 49.1 Å². The number of nitrogens with one attached hydrogen (secondary N) is 1. The summed E-state index contributed by atoms with van der Waals surface area (Å²) < 4.78 is 46.4. The molecule has 1 aliphatic rings. The second-order valence-electron chi connectivity index (χ2n) is 8.09. The summed E-state index contributed by atoms with van der Waals surface area (Å²) in [6.45, 7) is 5.19. The van der Waals surface area contributed by atoms with Crippen molar-refractivity contribution in [2.45, 2.75) is 45.3 Å². The standard InChI is InChI=1S/C23H26F3N5O/c1-13(17-7-4-8-18(20(17)24)22(25)26)28-23-19-10-15(11-27-21(19)14(2)29-30-23)31-9-5-6-16(12-31)32-3/h4,7-8,10-11,13,16,22H,5-6,9,12H2,1-3H3,(H,28,30)/t13-,16+/m1/s1. The minimum absolute atomic E-state index is 0.140. The number of aryl methyl sites for hydroxylation is 1. The van der Waals surface area contributed by atoms with Crippen LogP contribution in [0.5, 0.6) is 0 Å². The van der Waals surface area contributed by atoms with E-state index >= 15 is 0 Å². The normalized spacial score (nSPS) is 17.7. The van der Waals surface area contributed by atoms with Crippen molar-refractivity contribution < 1.29 is 17.9 Å². The Bertz CT molecular complexity index is 1110. The predicted octanol–water partition coefficient (Wildman–Crippen LogP) is 5.20. The number of ether oxygens (including phenoxy) is 1. The number of methoxy groups -OCH3 is 1.